The molecule has 1 aliphatic heterocycles. The van der Waals surface area contributed by atoms with Gasteiger partial charge in [0.2, 0.25) is 5.91 Å². The van der Waals surface area contributed by atoms with E-state index < -0.39 is 35.9 Å². The Hall–Kier alpha value is -2.87. The number of nitrogens with one attached hydrogen (secondary N) is 2. The molecule has 26 heavy (non-hydrogen) atoms. The highest BCUT2D eigenvalue weighted by Gasteiger charge is 2.33. The Balaban J connectivity index is 1.81. The van der Waals surface area contributed by atoms with E-state index in [0.29, 0.717) is 0 Å². The fourth-order valence-corrected chi connectivity index (χ4v) is 2.80. The summed E-state index contributed by atoms with van der Waals surface area (Å²) in [6, 6.07) is 7.02. The van der Waals surface area contributed by atoms with Crippen LogP contribution >= 0.6 is 11.6 Å². The van der Waals surface area contributed by atoms with Gasteiger partial charge in [-0.1, -0.05) is 11.6 Å². The minimum Gasteiger partial charge on any atom is -0.326 e. The monoisotopic (exact) mass is 382 g/mol. The Morgan fingerprint density at radius 3 is 2.42 bits per heavy atom. The van der Waals surface area contributed by atoms with Gasteiger partial charge in [0.15, 0.2) is 0 Å². The third-order valence-electron chi connectivity index (χ3n) is 3.74. The van der Waals surface area contributed by atoms with Crippen LogP contribution in [0, 0.1) is 0 Å². The number of fused-ring (bicyclic) bond motifs is 1. The van der Waals surface area contributed by atoms with Crippen LogP contribution in [0.2, 0.25) is 5.02 Å². The van der Waals surface area contributed by atoms with Crippen molar-refractivity contribution >= 4 is 35.0 Å². The maximum Gasteiger partial charge on any atom is 0.416 e. The van der Waals surface area contributed by atoms with E-state index in [2.05, 4.69) is 10.6 Å². The highest BCUT2D eigenvalue weighted by Crippen LogP contribution is 2.33. The summed E-state index contributed by atoms with van der Waals surface area (Å²) < 4.78 is 39.1. The van der Waals surface area contributed by atoms with E-state index in [1.54, 1.807) is 0 Å². The Bertz CT molecular complexity index is 941. The number of alkyl halides is 3. The van der Waals surface area contributed by atoms with Gasteiger partial charge in [0.25, 0.3) is 11.8 Å². The number of hydrogen-bond donors (Lipinski definition) is 2. The van der Waals surface area contributed by atoms with Crippen molar-refractivity contribution in [3.05, 3.63) is 63.7 Å². The second kappa shape index (κ2) is 6.45. The predicted octanol–water partition coefficient (Wildman–Crippen LogP) is 3.42. The lowest BCUT2D eigenvalue weighted by molar-refractivity contribution is -0.138. The van der Waals surface area contributed by atoms with Crippen molar-refractivity contribution in [2.24, 2.45) is 0 Å². The summed E-state index contributed by atoms with van der Waals surface area (Å²) in [6.07, 6.45) is -5.18. The number of imide groups is 1. The highest BCUT2D eigenvalue weighted by molar-refractivity contribution is 6.30. The van der Waals surface area contributed by atoms with E-state index in [9.17, 15) is 27.6 Å². The fourth-order valence-electron chi connectivity index (χ4n) is 2.61. The zero-order valence-corrected chi connectivity index (χ0v) is 13.7. The summed E-state index contributed by atoms with van der Waals surface area (Å²) in [5.41, 5.74) is -0.768. The van der Waals surface area contributed by atoms with Gasteiger partial charge in [-0.3, -0.25) is 19.7 Å². The third kappa shape index (κ3) is 3.55. The number of anilines is 1. The van der Waals surface area contributed by atoms with E-state index >= 15 is 0 Å². The molecular weight excluding hydrogens is 373 g/mol. The molecule has 0 spiro atoms. The molecular formula is C17H10ClF3N2O3. The molecule has 2 N–H and O–H groups in total. The van der Waals surface area contributed by atoms with Gasteiger partial charge in [-0.15, -0.1) is 0 Å². The molecule has 2 aromatic rings. The molecule has 5 nitrogen and oxygen atoms in total. The molecule has 9 heteroatoms. The first-order valence-corrected chi connectivity index (χ1v) is 7.68. The van der Waals surface area contributed by atoms with E-state index in [-0.39, 0.29) is 27.4 Å². The lowest BCUT2D eigenvalue weighted by Crippen LogP contribution is -2.20. The number of benzene rings is 2. The maximum atomic E-state index is 13.0. The Morgan fingerprint density at radius 1 is 1.04 bits per heavy atom. The smallest absolute Gasteiger partial charge is 0.326 e. The molecule has 0 fully saturated rings. The summed E-state index contributed by atoms with van der Waals surface area (Å²) in [4.78, 5) is 35.2. The summed E-state index contributed by atoms with van der Waals surface area (Å²) in [7, 11) is 0. The SMILES string of the molecule is O=C(Cc1cc(Cl)ccc1C(F)(F)F)Nc1ccc2c(c1)C(=O)NC2=O. The van der Waals surface area contributed by atoms with Gasteiger partial charge in [-0.25, -0.2) is 0 Å². The molecule has 0 saturated carbocycles. The van der Waals surface area contributed by atoms with Crippen LogP contribution in [-0.4, -0.2) is 17.7 Å². The van der Waals surface area contributed by atoms with Gasteiger partial charge in [0, 0.05) is 10.7 Å². The standard InChI is InChI=1S/C17H10ClF3N2O3/c18-9-1-4-13(17(19,20)21)8(5-9)6-14(24)22-10-2-3-11-12(7-10)16(26)23-15(11)25/h1-5,7H,6H2,(H,22,24)(H,23,25,26). The molecule has 0 bridgehead atoms. The van der Waals surface area contributed by atoms with E-state index in [1.165, 1.54) is 18.2 Å². The predicted molar refractivity (Wildman–Crippen MR) is 87.0 cm³/mol. The van der Waals surface area contributed by atoms with Crippen LogP contribution in [0.15, 0.2) is 36.4 Å². The van der Waals surface area contributed by atoms with Crippen molar-refractivity contribution in [1.82, 2.24) is 5.32 Å². The first kappa shape index (κ1) is 17.9. The normalized spacial score (nSPS) is 13.4. The first-order chi connectivity index (χ1) is 12.1. The average Bonchev–Trinajstić information content (AvgIpc) is 2.80. The summed E-state index contributed by atoms with van der Waals surface area (Å²) in [5, 5.41) is 4.59. The Labute approximate surface area is 150 Å². The van der Waals surface area contributed by atoms with Crippen molar-refractivity contribution in [3.63, 3.8) is 0 Å². The van der Waals surface area contributed by atoms with Crippen LogP contribution in [0.3, 0.4) is 0 Å². The van der Waals surface area contributed by atoms with Crippen LogP contribution in [0.25, 0.3) is 0 Å². The van der Waals surface area contributed by atoms with Crippen LogP contribution in [0.1, 0.15) is 31.8 Å². The summed E-state index contributed by atoms with van der Waals surface area (Å²) in [5.74, 6) is -1.87. The number of carbonyl (C=O) groups is 3. The molecule has 0 atom stereocenters. The summed E-state index contributed by atoms with van der Waals surface area (Å²) in [6.45, 7) is 0. The van der Waals surface area contributed by atoms with Crippen molar-refractivity contribution < 1.29 is 27.6 Å². The second-order valence-electron chi connectivity index (χ2n) is 5.57. The average molecular weight is 383 g/mol. The zero-order chi connectivity index (χ0) is 19.1. The van der Waals surface area contributed by atoms with Gasteiger partial charge in [-0.2, -0.15) is 13.2 Å². The maximum absolute atomic E-state index is 13.0. The minimum atomic E-state index is -4.62. The molecule has 0 unspecified atom stereocenters. The van der Waals surface area contributed by atoms with Crippen LogP contribution in [-0.2, 0) is 17.4 Å². The lowest BCUT2D eigenvalue weighted by Gasteiger charge is -2.13. The summed E-state index contributed by atoms with van der Waals surface area (Å²) >= 11 is 5.73. The number of halogens is 4. The molecule has 3 rings (SSSR count). The van der Waals surface area contributed by atoms with Crippen molar-refractivity contribution in [2.75, 3.05) is 5.32 Å². The zero-order valence-electron chi connectivity index (χ0n) is 12.9. The largest absolute Gasteiger partial charge is 0.416 e. The lowest BCUT2D eigenvalue weighted by atomic mass is 10.0. The van der Waals surface area contributed by atoms with E-state index in [1.807, 2.05) is 0 Å². The van der Waals surface area contributed by atoms with Crippen LogP contribution in [0.5, 0.6) is 0 Å². The molecule has 0 aromatic heterocycles. The van der Waals surface area contributed by atoms with Crippen LogP contribution in [0.4, 0.5) is 18.9 Å². The van der Waals surface area contributed by atoms with Gasteiger partial charge in [-0.05, 0) is 42.0 Å². The molecule has 0 saturated heterocycles. The third-order valence-corrected chi connectivity index (χ3v) is 3.98. The molecule has 0 radical (unpaired) electrons. The molecule has 0 aliphatic carbocycles. The molecule has 134 valence electrons. The fraction of sp³-hybridized carbons (Fsp3) is 0.118. The highest BCUT2D eigenvalue weighted by atomic mass is 35.5. The Morgan fingerprint density at radius 2 is 1.73 bits per heavy atom. The van der Waals surface area contributed by atoms with Crippen molar-refractivity contribution in [2.45, 2.75) is 12.6 Å². The van der Waals surface area contributed by atoms with Gasteiger partial charge in [0.1, 0.15) is 0 Å². The topological polar surface area (TPSA) is 75.3 Å². The van der Waals surface area contributed by atoms with E-state index in [4.69, 9.17) is 11.6 Å². The Kier molecular flexibility index (Phi) is 4.45. The number of amides is 3. The number of rotatable bonds is 3. The molecule has 2 aromatic carbocycles. The van der Waals surface area contributed by atoms with Gasteiger partial charge < -0.3 is 5.32 Å². The molecule has 3 amide bonds. The van der Waals surface area contributed by atoms with Gasteiger partial charge in [0.05, 0.1) is 23.1 Å². The minimum absolute atomic E-state index is 0.0773. The quantitative estimate of drug-likeness (QED) is 0.799. The first-order valence-electron chi connectivity index (χ1n) is 7.30. The van der Waals surface area contributed by atoms with Crippen LogP contribution < -0.4 is 10.6 Å². The van der Waals surface area contributed by atoms with E-state index in [0.717, 1.165) is 18.2 Å². The second-order valence-corrected chi connectivity index (χ2v) is 6.00. The van der Waals surface area contributed by atoms with Gasteiger partial charge >= 0.3 is 6.18 Å². The number of carbonyl (C=O) groups excluding carboxylic acids is 3. The molecule has 1 aliphatic rings. The molecule has 1 heterocycles. The van der Waals surface area contributed by atoms with Crippen molar-refractivity contribution in [1.29, 1.82) is 0 Å². The van der Waals surface area contributed by atoms with Crippen molar-refractivity contribution in [3.8, 4) is 0 Å². The number of hydrogen-bond acceptors (Lipinski definition) is 3.